The molecule has 5 nitrogen and oxygen atoms in total. The van der Waals surface area contributed by atoms with Crippen LogP contribution in [0.3, 0.4) is 0 Å². The second-order valence-corrected chi connectivity index (χ2v) is 4.11. The maximum absolute atomic E-state index is 11.8. The summed E-state index contributed by atoms with van der Waals surface area (Å²) >= 11 is 1.54. The molecule has 0 aliphatic rings. The predicted octanol–water partition coefficient (Wildman–Crippen LogP) is 2.84. The largest absolute Gasteiger partial charge is 0.352 e. The highest BCUT2D eigenvalue weighted by Crippen LogP contribution is 2.19. The Balaban J connectivity index is 2.49. The maximum Gasteiger partial charge on any atom is 0.252 e. The summed E-state index contributed by atoms with van der Waals surface area (Å²) in [6, 6.07) is 7.47. The van der Waals surface area contributed by atoms with Crippen LogP contribution >= 0.6 is 11.8 Å². The van der Waals surface area contributed by atoms with Crippen molar-refractivity contribution in [3.05, 3.63) is 40.3 Å². The van der Waals surface area contributed by atoms with E-state index >= 15 is 0 Å². The number of carbonyl (C=O) groups excluding carboxylic acids is 1. The van der Waals surface area contributed by atoms with Gasteiger partial charge >= 0.3 is 0 Å². The molecular weight excluding hydrogens is 236 g/mol. The Hall–Kier alpha value is -1.65. The van der Waals surface area contributed by atoms with Crippen molar-refractivity contribution in [2.24, 2.45) is 5.11 Å². The SMILES string of the molecule is CSc1ccccc1C(=O)NCCCN=[N+]=[N-]. The first kappa shape index (κ1) is 13.4. The number of rotatable bonds is 6. The minimum atomic E-state index is -0.0871. The van der Waals surface area contributed by atoms with E-state index < -0.39 is 0 Å². The number of nitrogens with zero attached hydrogens (tertiary/aromatic N) is 3. The number of hydrogen-bond acceptors (Lipinski definition) is 3. The van der Waals surface area contributed by atoms with Crippen LogP contribution in [0.1, 0.15) is 16.8 Å². The first-order chi connectivity index (χ1) is 8.29. The Bertz CT molecular complexity index is 429. The van der Waals surface area contributed by atoms with Gasteiger partial charge in [0.1, 0.15) is 0 Å². The predicted molar refractivity (Wildman–Crippen MR) is 69.2 cm³/mol. The number of carbonyl (C=O) groups is 1. The molecule has 0 bridgehead atoms. The molecule has 90 valence electrons. The van der Waals surface area contributed by atoms with Gasteiger partial charge in [-0.05, 0) is 30.3 Å². The van der Waals surface area contributed by atoms with Crippen LogP contribution in [0.4, 0.5) is 0 Å². The molecule has 0 saturated heterocycles. The lowest BCUT2D eigenvalue weighted by molar-refractivity contribution is 0.0950. The summed E-state index contributed by atoms with van der Waals surface area (Å²) < 4.78 is 0. The van der Waals surface area contributed by atoms with Gasteiger partial charge < -0.3 is 5.32 Å². The molecule has 0 spiro atoms. The van der Waals surface area contributed by atoms with Crippen molar-refractivity contribution >= 4 is 17.7 Å². The third-order valence-corrected chi connectivity index (χ3v) is 2.93. The lowest BCUT2D eigenvalue weighted by Gasteiger charge is -2.07. The lowest BCUT2D eigenvalue weighted by atomic mass is 10.2. The van der Waals surface area contributed by atoms with Crippen molar-refractivity contribution in [3.63, 3.8) is 0 Å². The van der Waals surface area contributed by atoms with Gasteiger partial charge in [0, 0.05) is 22.9 Å². The molecule has 6 heteroatoms. The Kier molecular flexibility index (Phi) is 5.99. The minimum Gasteiger partial charge on any atom is -0.352 e. The number of amides is 1. The van der Waals surface area contributed by atoms with E-state index in [9.17, 15) is 4.79 Å². The van der Waals surface area contributed by atoms with Crippen LogP contribution in [0, 0.1) is 0 Å². The van der Waals surface area contributed by atoms with Gasteiger partial charge in [0.25, 0.3) is 5.91 Å². The number of azide groups is 1. The Labute approximate surface area is 104 Å². The zero-order chi connectivity index (χ0) is 12.5. The number of thioether (sulfide) groups is 1. The molecule has 0 saturated carbocycles. The van der Waals surface area contributed by atoms with Crippen LogP contribution < -0.4 is 5.32 Å². The highest BCUT2D eigenvalue weighted by Gasteiger charge is 2.08. The molecule has 1 rings (SSSR count). The molecule has 1 N–H and O–H groups in total. The normalized spacial score (nSPS) is 9.47. The highest BCUT2D eigenvalue weighted by molar-refractivity contribution is 7.98. The molecular formula is C11H14N4OS. The van der Waals surface area contributed by atoms with Crippen molar-refractivity contribution in [1.82, 2.24) is 5.32 Å². The quantitative estimate of drug-likeness (QED) is 0.277. The van der Waals surface area contributed by atoms with Crippen LogP contribution in [-0.2, 0) is 0 Å². The molecule has 0 radical (unpaired) electrons. The monoisotopic (exact) mass is 250 g/mol. The van der Waals surface area contributed by atoms with Gasteiger partial charge in [-0.1, -0.05) is 17.2 Å². The van der Waals surface area contributed by atoms with Gasteiger partial charge in [-0.15, -0.1) is 11.8 Å². The lowest BCUT2D eigenvalue weighted by Crippen LogP contribution is -2.25. The van der Waals surface area contributed by atoms with E-state index in [0.29, 0.717) is 25.1 Å². The molecule has 1 aromatic carbocycles. The Morgan fingerprint density at radius 3 is 3.00 bits per heavy atom. The van der Waals surface area contributed by atoms with Gasteiger partial charge in [0.05, 0.1) is 5.56 Å². The highest BCUT2D eigenvalue weighted by atomic mass is 32.2. The van der Waals surface area contributed by atoms with Gasteiger partial charge in [-0.25, -0.2) is 0 Å². The van der Waals surface area contributed by atoms with Gasteiger partial charge in [0.15, 0.2) is 0 Å². The Morgan fingerprint density at radius 1 is 1.53 bits per heavy atom. The van der Waals surface area contributed by atoms with E-state index in [4.69, 9.17) is 5.53 Å². The molecule has 17 heavy (non-hydrogen) atoms. The van der Waals surface area contributed by atoms with E-state index in [2.05, 4.69) is 15.3 Å². The topological polar surface area (TPSA) is 77.9 Å². The smallest absolute Gasteiger partial charge is 0.252 e. The van der Waals surface area contributed by atoms with Gasteiger partial charge in [-0.3, -0.25) is 4.79 Å². The summed E-state index contributed by atoms with van der Waals surface area (Å²) in [5.41, 5.74) is 8.77. The fraction of sp³-hybridized carbons (Fsp3) is 0.364. The summed E-state index contributed by atoms with van der Waals surface area (Å²) in [4.78, 5) is 15.4. The summed E-state index contributed by atoms with van der Waals surface area (Å²) in [7, 11) is 0. The van der Waals surface area contributed by atoms with Gasteiger partial charge in [0.2, 0.25) is 0 Å². The zero-order valence-corrected chi connectivity index (χ0v) is 10.4. The number of hydrogen-bond donors (Lipinski definition) is 1. The summed E-state index contributed by atoms with van der Waals surface area (Å²) in [6.45, 7) is 0.918. The van der Waals surface area contributed by atoms with E-state index in [1.807, 2.05) is 24.5 Å². The average Bonchev–Trinajstić information content (AvgIpc) is 2.38. The van der Waals surface area contributed by atoms with Crippen molar-refractivity contribution in [1.29, 1.82) is 0 Å². The summed E-state index contributed by atoms with van der Waals surface area (Å²) in [5, 5.41) is 6.20. The van der Waals surface area contributed by atoms with E-state index in [0.717, 1.165) is 4.90 Å². The molecule has 0 fully saturated rings. The second kappa shape index (κ2) is 7.60. The number of nitrogens with one attached hydrogen (secondary N) is 1. The molecule has 1 amide bonds. The van der Waals surface area contributed by atoms with Gasteiger partial charge in [-0.2, -0.15) is 0 Å². The Morgan fingerprint density at radius 2 is 2.29 bits per heavy atom. The zero-order valence-electron chi connectivity index (χ0n) is 9.59. The van der Waals surface area contributed by atoms with E-state index in [1.54, 1.807) is 17.8 Å². The summed E-state index contributed by atoms with van der Waals surface area (Å²) in [6.07, 6.45) is 2.59. The van der Waals surface area contributed by atoms with Crippen molar-refractivity contribution in [2.45, 2.75) is 11.3 Å². The first-order valence-corrected chi connectivity index (χ1v) is 6.44. The van der Waals surface area contributed by atoms with Crippen molar-refractivity contribution in [2.75, 3.05) is 19.3 Å². The fourth-order valence-corrected chi connectivity index (χ4v) is 1.92. The minimum absolute atomic E-state index is 0.0871. The van der Waals surface area contributed by atoms with Crippen molar-refractivity contribution < 1.29 is 4.79 Å². The van der Waals surface area contributed by atoms with Crippen LogP contribution in [0.5, 0.6) is 0 Å². The molecule has 0 aliphatic carbocycles. The fourth-order valence-electron chi connectivity index (χ4n) is 1.32. The second-order valence-electron chi connectivity index (χ2n) is 3.26. The van der Waals surface area contributed by atoms with Crippen LogP contribution in [0.2, 0.25) is 0 Å². The molecule has 0 unspecified atom stereocenters. The third-order valence-electron chi connectivity index (χ3n) is 2.14. The molecule has 0 aromatic heterocycles. The number of benzene rings is 1. The van der Waals surface area contributed by atoms with E-state index in [-0.39, 0.29) is 5.91 Å². The molecule has 1 aromatic rings. The molecule has 0 aliphatic heterocycles. The van der Waals surface area contributed by atoms with Crippen LogP contribution in [0.15, 0.2) is 34.3 Å². The van der Waals surface area contributed by atoms with Crippen LogP contribution in [0.25, 0.3) is 10.4 Å². The van der Waals surface area contributed by atoms with Crippen molar-refractivity contribution in [3.8, 4) is 0 Å². The first-order valence-electron chi connectivity index (χ1n) is 5.21. The molecule has 0 atom stereocenters. The van der Waals surface area contributed by atoms with Crippen LogP contribution in [-0.4, -0.2) is 25.3 Å². The third kappa shape index (κ3) is 4.38. The standard InChI is InChI=1S/C11H14N4OS/c1-17-10-6-3-2-5-9(10)11(16)13-7-4-8-14-15-12/h2-3,5-6H,4,7-8H2,1H3,(H,13,16). The summed E-state index contributed by atoms with van der Waals surface area (Å²) in [5.74, 6) is -0.0871. The van der Waals surface area contributed by atoms with E-state index in [1.165, 1.54) is 0 Å². The average molecular weight is 250 g/mol. The molecule has 0 heterocycles. The maximum atomic E-state index is 11.8.